The molecule has 0 atom stereocenters. The SMILES string of the molecule is C=CCn1c(=NC(=O)c2ccc(S(=O)(=O)N(CC)Cc3ccccc3)cc2)sc2c(C)cc(C)cc21. The van der Waals surface area contributed by atoms with Crippen LogP contribution in [0.15, 0.2) is 89.3 Å². The van der Waals surface area contributed by atoms with Crippen LogP contribution in [0.1, 0.15) is 34.0 Å². The third-order valence-corrected chi connectivity index (χ3v) is 9.08. The highest BCUT2D eigenvalue weighted by Gasteiger charge is 2.23. The average Bonchev–Trinajstić information content (AvgIpc) is 3.20. The molecule has 0 fully saturated rings. The molecule has 0 N–H and O–H groups in total. The van der Waals surface area contributed by atoms with Crippen molar-refractivity contribution in [2.75, 3.05) is 6.54 Å². The van der Waals surface area contributed by atoms with E-state index in [1.165, 1.54) is 39.9 Å². The van der Waals surface area contributed by atoms with E-state index in [1.54, 1.807) is 6.08 Å². The topological polar surface area (TPSA) is 71.7 Å². The molecule has 0 saturated carbocycles. The molecule has 4 rings (SSSR count). The van der Waals surface area contributed by atoms with E-state index >= 15 is 0 Å². The Morgan fingerprint density at radius 2 is 1.78 bits per heavy atom. The number of carbonyl (C=O) groups is 1. The first-order chi connectivity index (χ1) is 17.2. The largest absolute Gasteiger partial charge is 0.312 e. The lowest BCUT2D eigenvalue weighted by Crippen LogP contribution is -2.30. The van der Waals surface area contributed by atoms with Crippen molar-refractivity contribution in [3.8, 4) is 0 Å². The van der Waals surface area contributed by atoms with Gasteiger partial charge in [-0.2, -0.15) is 9.30 Å². The Balaban J connectivity index is 1.65. The van der Waals surface area contributed by atoms with Crippen LogP contribution in [0.25, 0.3) is 10.2 Å². The number of aryl methyl sites for hydroxylation is 2. The highest BCUT2D eigenvalue weighted by molar-refractivity contribution is 7.89. The number of fused-ring (bicyclic) bond motifs is 1. The van der Waals surface area contributed by atoms with Gasteiger partial charge in [0.2, 0.25) is 10.0 Å². The summed E-state index contributed by atoms with van der Waals surface area (Å²) in [4.78, 5) is 18.2. The van der Waals surface area contributed by atoms with E-state index in [0.29, 0.717) is 23.5 Å². The van der Waals surface area contributed by atoms with Gasteiger partial charge in [0.15, 0.2) is 4.80 Å². The second-order valence-corrected chi connectivity index (χ2v) is 11.5. The predicted octanol–water partition coefficient (Wildman–Crippen LogP) is 5.46. The number of nitrogens with zero attached hydrogens (tertiary/aromatic N) is 3. The summed E-state index contributed by atoms with van der Waals surface area (Å²) in [6, 6.07) is 19.7. The molecule has 4 aromatic rings. The lowest BCUT2D eigenvalue weighted by atomic mass is 10.1. The maximum absolute atomic E-state index is 13.2. The monoisotopic (exact) mass is 519 g/mol. The molecule has 0 unspecified atom stereocenters. The van der Waals surface area contributed by atoms with Crippen LogP contribution in [0.2, 0.25) is 0 Å². The molecule has 6 nitrogen and oxygen atoms in total. The first-order valence-electron chi connectivity index (χ1n) is 11.7. The summed E-state index contributed by atoms with van der Waals surface area (Å²) >= 11 is 1.46. The Bertz CT molecular complexity index is 1580. The minimum atomic E-state index is -3.71. The molecule has 36 heavy (non-hydrogen) atoms. The van der Waals surface area contributed by atoms with Gasteiger partial charge in [-0.25, -0.2) is 8.42 Å². The second kappa shape index (κ2) is 10.7. The van der Waals surface area contributed by atoms with Crippen LogP contribution >= 0.6 is 11.3 Å². The first-order valence-corrected chi connectivity index (χ1v) is 13.9. The highest BCUT2D eigenvalue weighted by atomic mass is 32.2. The molecule has 0 aliphatic heterocycles. The molecule has 0 aliphatic rings. The number of thiazole rings is 1. The Hall–Kier alpha value is -3.33. The molecule has 0 aliphatic carbocycles. The maximum Gasteiger partial charge on any atom is 0.279 e. The molecule has 0 radical (unpaired) electrons. The minimum absolute atomic E-state index is 0.145. The highest BCUT2D eigenvalue weighted by Crippen LogP contribution is 2.24. The van der Waals surface area contributed by atoms with E-state index in [9.17, 15) is 13.2 Å². The molecule has 1 amide bonds. The first kappa shape index (κ1) is 25.8. The van der Waals surface area contributed by atoms with Gasteiger partial charge in [0.1, 0.15) is 0 Å². The number of benzene rings is 3. The van der Waals surface area contributed by atoms with Crippen molar-refractivity contribution in [3.05, 3.63) is 106 Å². The van der Waals surface area contributed by atoms with Gasteiger partial charge >= 0.3 is 0 Å². The number of amides is 1. The lowest BCUT2D eigenvalue weighted by molar-refractivity contribution is 0.0997. The summed E-state index contributed by atoms with van der Waals surface area (Å²) in [5.41, 5.74) is 4.53. The number of hydrogen-bond donors (Lipinski definition) is 0. The number of aromatic nitrogens is 1. The van der Waals surface area contributed by atoms with Gasteiger partial charge in [0.05, 0.1) is 15.1 Å². The minimum Gasteiger partial charge on any atom is -0.312 e. The van der Waals surface area contributed by atoms with E-state index in [2.05, 4.69) is 23.7 Å². The van der Waals surface area contributed by atoms with Crippen molar-refractivity contribution in [1.82, 2.24) is 8.87 Å². The van der Waals surface area contributed by atoms with E-state index < -0.39 is 15.9 Å². The number of carbonyl (C=O) groups excluding carboxylic acids is 1. The second-order valence-electron chi connectivity index (χ2n) is 8.57. The van der Waals surface area contributed by atoms with Crippen molar-refractivity contribution >= 4 is 37.5 Å². The van der Waals surface area contributed by atoms with Crippen molar-refractivity contribution in [2.24, 2.45) is 4.99 Å². The zero-order chi connectivity index (χ0) is 25.9. The Morgan fingerprint density at radius 3 is 2.42 bits per heavy atom. The van der Waals surface area contributed by atoms with E-state index in [-0.39, 0.29) is 11.4 Å². The van der Waals surface area contributed by atoms with Crippen molar-refractivity contribution in [1.29, 1.82) is 0 Å². The number of allylic oxidation sites excluding steroid dienone is 1. The predicted molar refractivity (Wildman–Crippen MR) is 146 cm³/mol. The molecule has 186 valence electrons. The average molecular weight is 520 g/mol. The van der Waals surface area contributed by atoms with Gasteiger partial charge in [-0.15, -0.1) is 6.58 Å². The Kier molecular flexibility index (Phi) is 7.68. The summed E-state index contributed by atoms with van der Waals surface area (Å²) in [5, 5.41) is 0. The fraction of sp³-hybridized carbons (Fsp3) is 0.214. The van der Waals surface area contributed by atoms with Gasteiger partial charge in [-0.1, -0.05) is 60.7 Å². The van der Waals surface area contributed by atoms with E-state index in [0.717, 1.165) is 26.9 Å². The number of sulfonamides is 1. The van der Waals surface area contributed by atoms with Crippen LogP contribution in [0.5, 0.6) is 0 Å². The summed E-state index contributed by atoms with van der Waals surface area (Å²) < 4.78 is 30.9. The summed E-state index contributed by atoms with van der Waals surface area (Å²) in [7, 11) is -3.71. The summed E-state index contributed by atoms with van der Waals surface area (Å²) in [6.07, 6.45) is 1.78. The van der Waals surface area contributed by atoms with Gasteiger partial charge in [-0.05, 0) is 60.9 Å². The van der Waals surface area contributed by atoms with E-state index in [1.807, 2.05) is 55.7 Å². The van der Waals surface area contributed by atoms with Gasteiger partial charge < -0.3 is 4.57 Å². The van der Waals surface area contributed by atoms with Crippen LogP contribution in [-0.2, 0) is 23.1 Å². The van der Waals surface area contributed by atoms with Crippen LogP contribution < -0.4 is 4.80 Å². The fourth-order valence-electron chi connectivity index (χ4n) is 4.13. The normalized spacial score (nSPS) is 12.4. The van der Waals surface area contributed by atoms with Gasteiger partial charge in [0.25, 0.3) is 5.91 Å². The summed E-state index contributed by atoms with van der Waals surface area (Å²) in [5.74, 6) is -0.422. The van der Waals surface area contributed by atoms with Crippen molar-refractivity contribution in [2.45, 2.75) is 38.8 Å². The molecule has 8 heteroatoms. The smallest absolute Gasteiger partial charge is 0.279 e. The molecular weight excluding hydrogens is 490 g/mol. The molecule has 1 heterocycles. The number of hydrogen-bond acceptors (Lipinski definition) is 4. The van der Waals surface area contributed by atoms with Crippen molar-refractivity contribution < 1.29 is 13.2 Å². The van der Waals surface area contributed by atoms with Crippen LogP contribution in [0.3, 0.4) is 0 Å². The molecular formula is C28H29N3O3S2. The van der Waals surface area contributed by atoms with E-state index in [4.69, 9.17) is 0 Å². The third kappa shape index (κ3) is 5.26. The molecule has 0 bridgehead atoms. The zero-order valence-corrected chi connectivity index (χ0v) is 22.3. The molecule has 0 saturated heterocycles. The van der Waals surface area contributed by atoms with Crippen LogP contribution in [0.4, 0.5) is 0 Å². The maximum atomic E-state index is 13.2. The molecule has 3 aromatic carbocycles. The Labute approximate surface area is 215 Å². The van der Waals surface area contributed by atoms with Crippen LogP contribution in [0, 0.1) is 13.8 Å². The molecule has 1 aromatic heterocycles. The summed E-state index contributed by atoms with van der Waals surface area (Å²) in [6.45, 7) is 10.9. The fourth-order valence-corrected chi connectivity index (χ4v) is 6.65. The van der Waals surface area contributed by atoms with Crippen LogP contribution in [-0.4, -0.2) is 29.7 Å². The standard InChI is InChI=1S/C28H29N3O3S2/c1-5-16-31-25-18-20(3)17-21(4)26(25)35-28(31)29-27(32)23-12-14-24(15-13-23)36(33,34)30(6-2)19-22-10-8-7-9-11-22/h5,7-15,17-18H,1,6,16,19H2,2-4H3. The number of rotatable bonds is 8. The third-order valence-electron chi connectivity index (χ3n) is 5.92. The Morgan fingerprint density at radius 1 is 1.08 bits per heavy atom. The zero-order valence-electron chi connectivity index (χ0n) is 20.6. The van der Waals surface area contributed by atoms with Gasteiger partial charge in [0, 0.05) is 25.2 Å². The van der Waals surface area contributed by atoms with Crippen molar-refractivity contribution in [3.63, 3.8) is 0 Å². The molecule has 0 spiro atoms. The lowest BCUT2D eigenvalue weighted by Gasteiger charge is -2.20. The van der Waals surface area contributed by atoms with Gasteiger partial charge in [-0.3, -0.25) is 4.79 Å². The quantitative estimate of drug-likeness (QED) is 0.290.